The smallest absolute Gasteiger partial charge is 0.427 e. The number of nitrogens with one attached hydrogen (secondary N) is 1. The largest absolute Gasteiger partial charge is 0.465 e. The molecule has 0 aromatic heterocycles. The van der Waals surface area contributed by atoms with E-state index < -0.39 is 40.9 Å². The number of cyclic esters (lactones) is 1. The first-order valence-corrected chi connectivity index (χ1v) is 8.27. The van der Waals surface area contributed by atoms with Crippen molar-refractivity contribution in [3.63, 3.8) is 0 Å². The van der Waals surface area contributed by atoms with Crippen molar-refractivity contribution in [1.29, 1.82) is 0 Å². The predicted octanol–water partition coefficient (Wildman–Crippen LogP) is 3.02. The van der Waals surface area contributed by atoms with E-state index in [-0.39, 0.29) is 11.0 Å². The van der Waals surface area contributed by atoms with Crippen molar-refractivity contribution in [2.45, 2.75) is 44.8 Å². The summed E-state index contributed by atoms with van der Waals surface area (Å²) in [5.74, 6) is -5.02. The number of esters is 2. The van der Waals surface area contributed by atoms with E-state index >= 15 is 0 Å². The number of carbonyl (C=O) groups excluding carboxylic acids is 3. The molecule has 2 rings (SSSR count). The zero-order valence-electron chi connectivity index (χ0n) is 16.0. The molecule has 0 saturated carbocycles. The van der Waals surface area contributed by atoms with Gasteiger partial charge in [-0.3, -0.25) is 4.79 Å². The minimum Gasteiger partial charge on any atom is -0.465 e. The molecule has 9 heteroatoms. The Morgan fingerprint density at radius 1 is 1.11 bits per heavy atom. The first-order valence-electron chi connectivity index (χ1n) is 8.27. The average molecular weight is 399 g/mol. The first kappa shape index (κ1) is 21.5. The quantitative estimate of drug-likeness (QED) is 0.791. The highest BCUT2D eigenvalue weighted by molar-refractivity contribution is 6.09. The van der Waals surface area contributed by atoms with Gasteiger partial charge in [0.15, 0.2) is 0 Å². The first-order chi connectivity index (χ1) is 12.8. The van der Waals surface area contributed by atoms with Crippen molar-refractivity contribution in [3.05, 3.63) is 46.7 Å². The fourth-order valence-corrected chi connectivity index (χ4v) is 2.84. The van der Waals surface area contributed by atoms with Gasteiger partial charge in [-0.15, -0.1) is 0 Å². The molecule has 1 heterocycles. The Hall–Kier alpha value is -2.84. The highest BCUT2D eigenvalue weighted by Gasteiger charge is 2.71. The standard InChI is InChI=1S/C19H20F3NO5/c1-10-13(15(25)27-5)18(16(26)28-10,19(20,21)22)23-14(24)11-6-8-12(9-7-11)17(2,3)4/h6-9H,1-5H3,(H,23,24). The van der Waals surface area contributed by atoms with Crippen LogP contribution in [-0.2, 0) is 24.5 Å². The number of hydrogen-bond acceptors (Lipinski definition) is 5. The fraction of sp³-hybridized carbons (Fsp3) is 0.421. The number of benzene rings is 1. The number of amides is 1. The molecule has 152 valence electrons. The van der Waals surface area contributed by atoms with Crippen molar-refractivity contribution in [2.75, 3.05) is 7.11 Å². The van der Waals surface area contributed by atoms with Crippen LogP contribution in [0, 0.1) is 0 Å². The van der Waals surface area contributed by atoms with Crippen LogP contribution in [0.3, 0.4) is 0 Å². The Morgan fingerprint density at radius 2 is 1.64 bits per heavy atom. The van der Waals surface area contributed by atoms with E-state index in [1.807, 2.05) is 20.8 Å². The molecule has 0 aliphatic carbocycles. The van der Waals surface area contributed by atoms with Crippen molar-refractivity contribution in [2.24, 2.45) is 0 Å². The molecular formula is C19H20F3NO5. The van der Waals surface area contributed by atoms with Crippen LogP contribution in [0.2, 0.25) is 0 Å². The van der Waals surface area contributed by atoms with Gasteiger partial charge in [-0.05, 0) is 30.0 Å². The Morgan fingerprint density at radius 3 is 2.07 bits per heavy atom. The highest BCUT2D eigenvalue weighted by atomic mass is 19.4. The van der Waals surface area contributed by atoms with E-state index in [0.29, 0.717) is 0 Å². The normalized spacial score (nSPS) is 20.1. The van der Waals surface area contributed by atoms with Crippen LogP contribution in [0.1, 0.15) is 43.6 Å². The topological polar surface area (TPSA) is 81.7 Å². The maximum absolute atomic E-state index is 13.9. The predicted molar refractivity (Wildman–Crippen MR) is 92.2 cm³/mol. The van der Waals surface area contributed by atoms with Gasteiger partial charge in [0, 0.05) is 5.56 Å². The molecule has 1 N–H and O–H groups in total. The van der Waals surface area contributed by atoms with Gasteiger partial charge in [0.25, 0.3) is 11.4 Å². The Bertz CT molecular complexity index is 850. The number of methoxy groups -OCH3 is 1. The molecule has 6 nitrogen and oxygen atoms in total. The van der Waals surface area contributed by atoms with E-state index in [0.717, 1.165) is 19.6 Å². The molecule has 1 aliphatic rings. The monoisotopic (exact) mass is 399 g/mol. The summed E-state index contributed by atoms with van der Waals surface area (Å²) in [5, 5.41) is 1.66. The SMILES string of the molecule is COC(=O)C1=C(C)OC(=O)C1(NC(=O)c1ccc(C(C)(C)C)cc1)C(F)(F)F. The molecule has 0 radical (unpaired) electrons. The fourth-order valence-electron chi connectivity index (χ4n) is 2.84. The second-order valence-corrected chi connectivity index (χ2v) is 7.34. The molecule has 1 aromatic rings. The van der Waals surface area contributed by atoms with Gasteiger partial charge in [-0.25, -0.2) is 9.59 Å². The van der Waals surface area contributed by atoms with E-state index in [4.69, 9.17) is 0 Å². The molecule has 0 fully saturated rings. The molecule has 0 saturated heterocycles. The van der Waals surface area contributed by atoms with E-state index in [1.54, 1.807) is 17.4 Å². The summed E-state index contributed by atoms with van der Waals surface area (Å²) < 4.78 is 50.7. The molecule has 1 atom stereocenters. The number of alkyl halides is 3. The number of halogens is 3. The number of allylic oxidation sites excluding steroid dienone is 1. The lowest BCUT2D eigenvalue weighted by molar-refractivity contribution is -0.196. The lowest BCUT2D eigenvalue weighted by atomic mass is 9.86. The van der Waals surface area contributed by atoms with Crippen LogP contribution >= 0.6 is 0 Å². The van der Waals surface area contributed by atoms with Crippen molar-refractivity contribution >= 4 is 17.8 Å². The molecule has 1 aromatic carbocycles. The average Bonchev–Trinajstić information content (AvgIpc) is 2.84. The molecule has 0 spiro atoms. The van der Waals surface area contributed by atoms with E-state index in [9.17, 15) is 27.6 Å². The van der Waals surface area contributed by atoms with Crippen LogP contribution < -0.4 is 5.32 Å². The van der Waals surface area contributed by atoms with Crippen LogP contribution in [0.4, 0.5) is 13.2 Å². The summed E-state index contributed by atoms with van der Waals surface area (Å²) >= 11 is 0. The number of hydrogen-bond donors (Lipinski definition) is 1. The molecule has 1 aliphatic heterocycles. The van der Waals surface area contributed by atoms with Gasteiger partial charge in [0.2, 0.25) is 0 Å². The lowest BCUT2D eigenvalue weighted by Gasteiger charge is -2.30. The van der Waals surface area contributed by atoms with E-state index in [1.165, 1.54) is 12.1 Å². The number of carbonyl (C=O) groups is 3. The Balaban J connectivity index is 2.50. The van der Waals surface area contributed by atoms with Crippen LogP contribution in [0.25, 0.3) is 0 Å². The van der Waals surface area contributed by atoms with Crippen molar-refractivity contribution in [1.82, 2.24) is 5.32 Å². The maximum Gasteiger partial charge on any atom is 0.427 e. The summed E-state index contributed by atoms with van der Waals surface area (Å²) in [6, 6.07) is 5.89. The zero-order valence-corrected chi connectivity index (χ0v) is 16.0. The van der Waals surface area contributed by atoms with Gasteiger partial charge < -0.3 is 14.8 Å². The second-order valence-electron chi connectivity index (χ2n) is 7.34. The van der Waals surface area contributed by atoms with Gasteiger partial charge in [-0.2, -0.15) is 13.2 Å². The second kappa shape index (κ2) is 6.96. The summed E-state index contributed by atoms with van der Waals surface area (Å²) in [6.45, 7) is 6.82. The Kier molecular flexibility index (Phi) is 5.33. The minimum atomic E-state index is -5.34. The van der Waals surface area contributed by atoms with Gasteiger partial charge in [-0.1, -0.05) is 32.9 Å². The van der Waals surface area contributed by atoms with Gasteiger partial charge in [0.05, 0.1) is 7.11 Å². The van der Waals surface area contributed by atoms with Crippen molar-refractivity contribution in [3.8, 4) is 0 Å². The summed E-state index contributed by atoms with van der Waals surface area (Å²) in [4.78, 5) is 36.6. The number of ether oxygens (including phenoxy) is 2. The molecule has 0 bridgehead atoms. The molecular weight excluding hydrogens is 379 g/mol. The third-order valence-corrected chi connectivity index (χ3v) is 4.41. The third kappa shape index (κ3) is 3.48. The highest BCUT2D eigenvalue weighted by Crippen LogP contribution is 2.44. The minimum absolute atomic E-state index is 0.113. The van der Waals surface area contributed by atoms with E-state index in [2.05, 4.69) is 9.47 Å². The maximum atomic E-state index is 13.9. The molecule has 28 heavy (non-hydrogen) atoms. The van der Waals surface area contributed by atoms with Gasteiger partial charge in [0.1, 0.15) is 11.3 Å². The Labute approximate surface area is 159 Å². The third-order valence-electron chi connectivity index (χ3n) is 4.41. The van der Waals surface area contributed by atoms with Crippen LogP contribution in [0.5, 0.6) is 0 Å². The van der Waals surface area contributed by atoms with Gasteiger partial charge >= 0.3 is 18.1 Å². The van der Waals surface area contributed by atoms with Crippen molar-refractivity contribution < 1.29 is 37.0 Å². The van der Waals surface area contributed by atoms with Crippen LogP contribution in [-0.4, -0.2) is 36.7 Å². The molecule has 1 amide bonds. The summed E-state index contributed by atoms with van der Waals surface area (Å²) in [5.41, 5.74) is -4.23. The summed E-state index contributed by atoms with van der Waals surface area (Å²) in [6.07, 6.45) is -5.34. The molecule has 1 unspecified atom stereocenters. The van der Waals surface area contributed by atoms with Crippen LogP contribution in [0.15, 0.2) is 35.6 Å². The zero-order chi connectivity index (χ0) is 21.5. The summed E-state index contributed by atoms with van der Waals surface area (Å²) in [7, 11) is 0.861. The number of rotatable bonds is 3. The lowest BCUT2D eigenvalue weighted by Crippen LogP contribution is -2.64.